The Morgan fingerprint density at radius 1 is 0.882 bits per heavy atom. The van der Waals surface area contributed by atoms with Crippen LogP contribution in [0.4, 0.5) is 5.69 Å². The predicted octanol–water partition coefficient (Wildman–Crippen LogP) is 4.67. The van der Waals surface area contributed by atoms with Gasteiger partial charge >= 0.3 is 0 Å². The van der Waals surface area contributed by atoms with Gasteiger partial charge in [-0.3, -0.25) is 0 Å². The summed E-state index contributed by atoms with van der Waals surface area (Å²) in [6.45, 7) is 6.92. The van der Waals surface area contributed by atoms with Crippen molar-refractivity contribution in [3.8, 4) is 0 Å². The molecule has 1 nitrogen and oxygen atoms in total. The Labute approximate surface area is 107 Å². The van der Waals surface area contributed by atoms with E-state index in [1.165, 1.54) is 57.3 Å². The molecule has 0 atom stereocenters. The second kappa shape index (κ2) is 9.09. The molecule has 0 aliphatic heterocycles. The fourth-order valence-corrected chi connectivity index (χ4v) is 2.06. The molecule has 0 unspecified atom stereocenters. The summed E-state index contributed by atoms with van der Waals surface area (Å²) >= 11 is 0. The number of anilines is 1. The third-order valence-corrected chi connectivity index (χ3v) is 3.13. The third kappa shape index (κ3) is 5.76. The van der Waals surface area contributed by atoms with Gasteiger partial charge in [-0.25, -0.2) is 0 Å². The Bertz CT molecular complexity index is 258. The fraction of sp³-hybridized carbons (Fsp3) is 0.625. The third-order valence-electron chi connectivity index (χ3n) is 3.13. The maximum absolute atomic E-state index is 3.10. The Hall–Kier alpha value is -0.980. The van der Waals surface area contributed by atoms with Crippen LogP contribution in [0.5, 0.6) is 0 Å². The molecule has 0 aliphatic carbocycles. The van der Waals surface area contributed by atoms with Crippen molar-refractivity contribution in [1.29, 1.82) is 0 Å². The van der Waals surface area contributed by atoms with Crippen LogP contribution in [-0.4, -0.2) is 13.1 Å². The molecular formula is C16H26N. The molecule has 0 heterocycles. The lowest BCUT2D eigenvalue weighted by Crippen LogP contribution is -2.25. The first kappa shape index (κ1) is 14.1. The SMILES string of the molecule is CCCCCN(CCCCC)c1cc[c]cc1. The molecule has 0 bridgehead atoms. The van der Waals surface area contributed by atoms with Crippen molar-refractivity contribution in [3.63, 3.8) is 0 Å². The molecule has 1 radical (unpaired) electrons. The van der Waals surface area contributed by atoms with Crippen LogP contribution < -0.4 is 4.90 Å². The van der Waals surface area contributed by atoms with E-state index >= 15 is 0 Å². The lowest BCUT2D eigenvalue weighted by atomic mass is 10.2. The summed E-state index contributed by atoms with van der Waals surface area (Å²) in [5, 5.41) is 0. The van der Waals surface area contributed by atoms with E-state index < -0.39 is 0 Å². The zero-order valence-corrected chi connectivity index (χ0v) is 11.4. The molecule has 0 N–H and O–H groups in total. The highest BCUT2D eigenvalue weighted by Crippen LogP contribution is 2.15. The second-order valence-electron chi connectivity index (χ2n) is 4.66. The first-order valence-electron chi connectivity index (χ1n) is 7.09. The highest BCUT2D eigenvalue weighted by atomic mass is 15.1. The number of hydrogen-bond acceptors (Lipinski definition) is 1. The molecule has 1 heteroatoms. The van der Waals surface area contributed by atoms with Gasteiger partial charge in [-0.15, -0.1) is 0 Å². The van der Waals surface area contributed by atoms with Gasteiger partial charge in [0.15, 0.2) is 0 Å². The summed E-state index contributed by atoms with van der Waals surface area (Å²) in [6, 6.07) is 11.5. The van der Waals surface area contributed by atoms with Crippen LogP contribution >= 0.6 is 0 Å². The highest BCUT2D eigenvalue weighted by molar-refractivity contribution is 5.45. The van der Waals surface area contributed by atoms with Crippen LogP contribution in [0.15, 0.2) is 24.3 Å². The fourth-order valence-electron chi connectivity index (χ4n) is 2.06. The van der Waals surface area contributed by atoms with Gasteiger partial charge in [0.1, 0.15) is 0 Å². The van der Waals surface area contributed by atoms with Gasteiger partial charge in [0.05, 0.1) is 0 Å². The predicted molar refractivity (Wildman–Crippen MR) is 76.5 cm³/mol. The largest absolute Gasteiger partial charge is 0.372 e. The van der Waals surface area contributed by atoms with Crippen molar-refractivity contribution in [2.75, 3.05) is 18.0 Å². The van der Waals surface area contributed by atoms with Crippen molar-refractivity contribution in [3.05, 3.63) is 30.3 Å². The Morgan fingerprint density at radius 2 is 1.41 bits per heavy atom. The monoisotopic (exact) mass is 232 g/mol. The van der Waals surface area contributed by atoms with Gasteiger partial charge in [0, 0.05) is 18.8 Å². The molecule has 0 spiro atoms. The van der Waals surface area contributed by atoms with Crippen molar-refractivity contribution in [2.45, 2.75) is 52.4 Å². The molecule has 17 heavy (non-hydrogen) atoms. The summed E-state index contributed by atoms with van der Waals surface area (Å²) in [6.07, 6.45) is 7.88. The van der Waals surface area contributed by atoms with Crippen LogP contribution in [0.25, 0.3) is 0 Å². The normalized spacial score (nSPS) is 10.5. The summed E-state index contributed by atoms with van der Waals surface area (Å²) in [7, 11) is 0. The first-order chi connectivity index (χ1) is 8.38. The van der Waals surface area contributed by atoms with Crippen molar-refractivity contribution < 1.29 is 0 Å². The topological polar surface area (TPSA) is 3.24 Å². The quantitative estimate of drug-likeness (QED) is 0.559. The minimum absolute atomic E-state index is 1.20. The van der Waals surface area contributed by atoms with Gasteiger partial charge in [0.2, 0.25) is 0 Å². The molecule has 95 valence electrons. The van der Waals surface area contributed by atoms with E-state index in [9.17, 15) is 0 Å². The lowest BCUT2D eigenvalue weighted by molar-refractivity contribution is 0.636. The Balaban J connectivity index is 2.46. The van der Waals surface area contributed by atoms with Gasteiger partial charge in [-0.05, 0) is 31.0 Å². The second-order valence-corrected chi connectivity index (χ2v) is 4.66. The van der Waals surface area contributed by atoms with Crippen molar-refractivity contribution >= 4 is 5.69 Å². The number of benzene rings is 1. The molecule has 1 aromatic carbocycles. The minimum atomic E-state index is 1.20. The molecule has 1 aromatic rings. The van der Waals surface area contributed by atoms with Crippen LogP contribution in [0.2, 0.25) is 0 Å². The number of hydrogen-bond donors (Lipinski definition) is 0. The van der Waals surface area contributed by atoms with Crippen molar-refractivity contribution in [2.24, 2.45) is 0 Å². The van der Waals surface area contributed by atoms with E-state index in [2.05, 4.69) is 36.9 Å². The van der Waals surface area contributed by atoms with E-state index in [1.807, 2.05) is 12.1 Å². The molecule has 0 aromatic heterocycles. The van der Waals surface area contributed by atoms with Crippen LogP contribution in [-0.2, 0) is 0 Å². The molecule has 0 amide bonds. The van der Waals surface area contributed by atoms with Gasteiger partial charge in [0.25, 0.3) is 0 Å². The van der Waals surface area contributed by atoms with E-state index in [1.54, 1.807) is 0 Å². The zero-order valence-electron chi connectivity index (χ0n) is 11.4. The van der Waals surface area contributed by atoms with Gasteiger partial charge < -0.3 is 4.90 Å². The maximum Gasteiger partial charge on any atom is 0.0366 e. The Morgan fingerprint density at radius 3 is 1.88 bits per heavy atom. The zero-order chi connectivity index (χ0) is 12.3. The maximum atomic E-state index is 3.10. The van der Waals surface area contributed by atoms with Crippen molar-refractivity contribution in [1.82, 2.24) is 0 Å². The summed E-state index contributed by atoms with van der Waals surface area (Å²) in [5.74, 6) is 0. The minimum Gasteiger partial charge on any atom is -0.372 e. The average Bonchev–Trinajstić information content (AvgIpc) is 2.38. The van der Waals surface area contributed by atoms with Crippen LogP contribution in [0.3, 0.4) is 0 Å². The van der Waals surface area contributed by atoms with Gasteiger partial charge in [-0.1, -0.05) is 51.7 Å². The molecule has 0 saturated heterocycles. The van der Waals surface area contributed by atoms with E-state index in [-0.39, 0.29) is 0 Å². The standard InChI is InChI=1S/C16H26N/c1-3-5-10-14-17(15-11-6-4-2)16-12-8-7-9-13-16/h8-9,12-13H,3-6,10-11,14-15H2,1-2H3. The summed E-state index contributed by atoms with van der Waals surface area (Å²) in [5.41, 5.74) is 1.36. The van der Waals surface area contributed by atoms with E-state index in [0.29, 0.717) is 0 Å². The average molecular weight is 232 g/mol. The molecule has 1 rings (SSSR count). The van der Waals surface area contributed by atoms with Crippen LogP contribution in [0.1, 0.15) is 52.4 Å². The molecule has 0 aliphatic rings. The molecule has 0 saturated carbocycles. The summed E-state index contributed by atoms with van der Waals surface area (Å²) < 4.78 is 0. The van der Waals surface area contributed by atoms with Gasteiger partial charge in [-0.2, -0.15) is 0 Å². The molecule has 0 fully saturated rings. The van der Waals surface area contributed by atoms with E-state index in [4.69, 9.17) is 0 Å². The van der Waals surface area contributed by atoms with E-state index in [0.717, 1.165) is 0 Å². The number of unbranched alkanes of at least 4 members (excludes halogenated alkanes) is 4. The lowest BCUT2D eigenvalue weighted by Gasteiger charge is -2.24. The number of nitrogens with zero attached hydrogens (tertiary/aromatic N) is 1. The first-order valence-corrected chi connectivity index (χ1v) is 7.09. The summed E-state index contributed by atoms with van der Waals surface area (Å²) in [4.78, 5) is 2.53. The highest BCUT2D eigenvalue weighted by Gasteiger charge is 2.04. The Kier molecular flexibility index (Phi) is 7.53. The smallest absolute Gasteiger partial charge is 0.0366 e. The number of rotatable bonds is 9. The van der Waals surface area contributed by atoms with Crippen LogP contribution in [0, 0.1) is 6.07 Å². The molecular weight excluding hydrogens is 206 g/mol.